The molecule has 1 saturated heterocycles. The van der Waals surface area contributed by atoms with Gasteiger partial charge in [-0.05, 0) is 38.0 Å². The second kappa shape index (κ2) is 5.95. The van der Waals surface area contributed by atoms with E-state index in [2.05, 4.69) is 5.10 Å². The molecule has 6 nitrogen and oxygen atoms in total. The molecule has 0 saturated carbocycles. The van der Waals surface area contributed by atoms with Crippen LogP contribution >= 0.6 is 0 Å². The molecule has 1 aliphatic rings. The highest BCUT2D eigenvalue weighted by atomic mass is 16.5. The average molecular weight is 339 g/mol. The third-order valence-corrected chi connectivity index (χ3v) is 4.91. The lowest BCUT2D eigenvalue weighted by atomic mass is 10.1. The van der Waals surface area contributed by atoms with Crippen LogP contribution in [0.5, 0.6) is 5.75 Å². The number of rotatable bonds is 3. The van der Waals surface area contributed by atoms with Crippen LogP contribution in [0.4, 0.5) is 0 Å². The Kier molecular flexibility index (Phi) is 3.75. The van der Waals surface area contributed by atoms with Crippen molar-refractivity contribution in [2.75, 3.05) is 13.7 Å². The zero-order chi connectivity index (χ0) is 17.6. The van der Waals surface area contributed by atoms with E-state index in [0.717, 1.165) is 30.3 Å². The zero-order valence-corrected chi connectivity index (χ0v) is 14.7. The second-order valence-corrected chi connectivity index (χ2v) is 6.50. The number of benzene rings is 1. The number of likely N-dealkylation sites (tertiary alicyclic amines) is 1. The number of aryl methyl sites for hydroxylation is 2. The topological polar surface area (TPSA) is 60.5 Å². The SMILES string of the molecule is COc1ccc2oc(C)c(C(=O)N3CCC[C@@H]3c3cnn(C)c3)c2c1. The number of methoxy groups -OCH3 is 1. The van der Waals surface area contributed by atoms with Gasteiger partial charge >= 0.3 is 0 Å². The number of amides is 1. The Hall–Kier alpha value is -2.76. The highest BCUT2D eigenvalue weighted by Gasteiger charge is 2.33. The molecule has 1 amide bonds. The van der Waals surface area contributed by atoms with Gasteiger partial charge in [0.1, 0.15) is 17.1 Å². The van der Waals surface area contributed by atoms with Gasteiger partial charge in [-0.15, -0.1) is 0 Å². The van der Waals surface area contributed by atoms with E-state index < -0.39 is 0 Å². The first-order chi connectivity index (χ1) is 12.1. The van der Waals surface area contributed by atoms with Crippen LogP contribution in [0.3, 0.4) is 0 Å². The third kappa shape index (κ3) is 2.58. The molecule has 2 aromatic heterocycles. The average Bonchev–Trinajstić information content (AvgIpc) is 3.30. The molecule has 3 aromatic rings. The zero-order valence-electron chi connectivity index (χ0n) is 14.7. The first-order valence-corrected chi connectivity index (χ1v) is 8.45. The maximum Gasteiger partial charge on any atom is 0.258 e. The summed E-state index contributed by atoms with van der Waals surface area (Å²) in [5.74, 6) is 1.37. The second-order valence-electron chi connectivity index (χ2n) is 6.50. The van der Waals surface area contributed by atoms with E-state index in [1.807, 2.05) is 49.5 Å². The van der Waals surface area contributed by atoms with Crippen LogP contribution in [0.15, 0.2) is 35.0 Å². The summed E-state index contributed by atoms with van der Waals surface area (Å²) < 4.78 is 12.9. The lowest BCUT2D eigenvalue weighted by molar-refractivity contribution is 0.0735. The maximum absolute atomic E-state index is 13.3. The van der Waals surface area contributed by atoms with Gasteiger partial charge in [-0.25, -0.2) is 0 Å². The highest BCUT2D eigenvalue weighted by Crippen LogP contribution is 2.36. The number of hydrogen-bond donors (Lipinski definition) is 0. The van der Waals surface area contributed by atoms with E-state index in [-0.39, 0.29) is 11.9 Å². The Morgan fingerprint density at radius 1 is 1.40 bits per heavy atom. The van der Waals surface area contributed by atoms with Gasteiger partial charge in [-0.1, -0.05) is 0 Å². The van der Waals surface area contributed by atoms with Gasteiger partial charge in [0.2, 0.25) is 0 Å². The predicted molar refractivity (Wildman–Crippen MR) is 93.7 cm³/mol. The molecular formula is C19H21N3O3. The Labute approximate surface area is 146 Å². The van der Waals surface area contributed by atoms with Crippen LogP contribution in [0.1, 0.15) is 40.6 Å². The first-order valence-electron chi connectivity index (χ1n) is 8.45. The number of furan rings is 1. The number of fused-ring (bicyclic) bond motifs is 1. The quantitative estimate of drug-likeness (QED) is 0.733. The number of aromatic nitrogens is 2. The van der Waals surface area contributed by atoms with Crippen LogP contribution in [0.25, 0.3) is 11.0 Å². The lowest BCUT2D eigenvalue weighted by Crippen LogP contribution is -2.30. The summed E-state index contributed by atoms with van der Waals surface area (Å²) in [6.07, 6.45) is 5.78. The summed E-state index contributed by atoms with van der Waals surface area (Å²) in [6.45, 7) is 2.59. The molecule has 6 heteroatoms. The Balaban J connectivity index is 1.75. The number of nitrogens with zero attached hydrogens (tertiary/aromatic N) is 3. The van der Waals surface area contributed by atoms with E-state index in [0.29, 0.717) is 22.7 Å². The fraction of sp³-hybridized carbons (Fsp3) is 0.368. The van der Waals surface area contributed by atoms with Crippen molar-refractivity contribution in [2.24, 2.45) is 7.05 Å². The molecule has 0 radical (unpaired) electrons. The maximum atomic E-state index is 13.3. The van der Waals surface area contributed by atoms with Crippen LogP contribution < -0.4 is 4.74 Å². The van der Waals surface area contributed by atoms with E-state index in [1.54, 1.807) is 11.8 Å². The van der Waals surface area contributed by atoms with Crippen LogP contribution in [0.2, 0.25) is 0 Å². The molecule has 1 aromatic carbocycles. The predicted octanol–water partition coefficient (Wildman–Crippen LogP) is 3.46. The number of carbonyl (C=O) groups is 1. The minimum atomic E-state index is 0.0101. The summed E-state index contributed by atoms with van der Waals surface area (Å²) in [6, 6.07) is 5.62. The third-order valence-electron chi connectivity index (χ3n) is 4.91. The Bertz CT molecular complexity index is 941. The van der Waals surface area contributed by atoms with Crippen molar-refractivity contribution in [1.82, 2.24) is 14.7 Å². The molecule has 1 fully saturated rings. The van der Waals surface area contributed by atoms with Gasteiger partial charge in [-0.2, -0.15) is 5.10 Å². The largest absolute Gasteiger partial charge is 0.497 e. The molecule has 0 unspecified atom stereocenters. The minimum Gasteiger partial charge on any atom is -0.497 e. The molecule has 25 heavy (non-hydrogen) atoms. The van der Waals surface area contributed by atoms with E-state index >= 15 is 0 Å². The van der Waals surface area contributed by atoms with E-state index in [1.165, 1.54) is 0 Å². The highest BCUT2D eigenvalue weighted by molar-refractivity contribution is 6.07. The molecule has 4 rings (SSSR count). The minimum absolute atomic E-state index is 0.0101. The summed E-state index contributed by atoms with van der Waals surface area (Å²) in [7, 11) is 3.51. The fourth-order valence-corrected chi connectivity index (χ4v) is 3.70. The fourth-order valence-electron chi connectivity index (χ4n) is 3.70. The number of ether oxygens (including phenoxy) is 1. The summed E-state index contributed by atoms with van der Waals surface area (Å²) >= 11 is 0. The molecular weight excluding hydrogens is 318 g/mol. The summed E-state index contributed by atoms with van der Waals surface area (Å²) in [5.41, 5.74) is 2.42. The van der Waals surface area contributed by atoms with Gasteiger partial charge in [-0.3, -0.25) is 9.48 Å². The lowest BCUT2D eigenvalue weighted by Gasteiger charge is -2.24. The monoisotopic (exact) mass is 339 g/mol. The van der Waals surface area contributed by atoms with E-state index in [9.17, 15) is 4.79 Å². The Morgan fingerprint density at radius 3 is 2.96 bits per heavy atom. The van der Waals surface area contributed by atoms with Crippen molar-refractivity contribution in [2.45, 2.75) is 25.8 Å². The van der Waals surface area contributed by atoms with Crippen molar-refractivity contribution in [1.29, 1.82) is 0 Å². The van der Waals surface area contributed by atoms with Gasteiger partial charge < -0.3 is 14.1 Å². The summed E-state index contributed by atoms with van der Waals surface area (Å²) in [5, 5.41) is 5.06. The molecule has 1 aliphatic heterocycles. The summed E-state index contributed by atoms with van der Waals surface area (Å²) in [4.78, 5) is 15.3. The van der Waals surface area contributed by atoms with Crippen molar-refractivity contribution in [3.63, 3.8) is 0 Å². The number of carbonyl (C=O) groups excluding carboxylic acids is 1. The van der Waals surface area contributed by atoms with E-state index in [4.69, 9.17) is 9.15 Å². The normalized spacial score (nSPS) is 17.4. The van der Waals surface area contributed by atoms with Crippen molar-refractivity contribution in [3.8, 4) is 5.75 Å². The van der Waals surface area contributed by atoms with Crippen LogP contribution in [-0.2, 0) is 7.05 Å². The molecule has 0 N–H and O–H groups in total. The molecule has 0 spiro atoms. The first kappa shape index (κ1) is 15.7. The molecule has 130 valence electrons. The van der Waals surface area contributed by atoms with Gasteiger partial charge in [0, 0.05) is 30.7 Å². The molecule has 0 aliphatic carbocycles. The van der Waals surface area contributed by atoms with Gasteiger partial charge in [0.25, 0.3) is 5.91 Å². The van der Waals surface area contributed by atoms with Crippen LogP contribution in [0, 0.1) is 6.92 Å². The Morgan fingerprint density at radius 2 is 2.24 bits per heavy atom. The number of hydrogen-bond acceptors (Lipinski definition) is 4. The van der Waals surface area contributed by atoms with Crippen LogP contribution in [-0.4, -0.2) is 34.2 Å². The van der Waals surface area contributed by atoms with Crippen molar-refractivity contribution < 1.29 is 13.9 Å². The van der Waals surface area contributed by atoms with Gasteiger partial charge in [0.05, 0.1) is 24.9 Å². The van der Waals surface area contributed by atoms with Crippen molar-refractivity contribution in [3.05, 3.63) is 47.5 Å². The smallest absolute Gasteiger partial charge is 0.258 e. The molecule has 0 bridgehead atoms. The molecule has 1 atom stereocenters. The van der Waals surface area contributed by atoms with Crippen molar-refractivity contribution >= 4 is 16.9 Å². The molecule has 3 heterocycles. The van der Waals surface area contributed by atoms with Gasteiger partial charge in [0.15, 0.2) is 0 Å². The standard InChI is InChI=1S/C19H21N3O3/c1-12-18(15-9-14(24-3)6-7-17(15)25-12)19(23)22-8-4-5-16(22)13-10-20-21(2)11-13/h6-7,9-11,16H,4-5,8H2,1-3H3/t16-/m1/s1.